The summed E-state index contributed by atoms with van der Waals surface area (Å²) in [6.07, 6.45) is 7.80. The zero-order chi connectivity index (χ0) is 34.7. The van der Waals surface area contributed by atoms with E-state index in [2.05, 4.69) is 38.8 Å². The molecule has 0 unspecified atom stereocenters. The van der Waals surface area contributed by atoms with Gasteiger partial charge in [0.15, 0.2) is 0 Å². The van der Waals surface area contributed by atoms with E-state index in [1.54, 1.807) is 24.3 Å². The zero-order valence-electron chi connectivity index (χ0n) is 28.0. The summed E-state index contributed by atoms with van der Waals surface area (Å²) in [5.74, 6) is -0.744. The maximum Gasteiger partial charge on any atom is 0.338 e. The summed E-state index contributed by atoms with van der Waals surface area (Å²) >= 11 is 16.2. The average Bonchev–Trinajstić information content (AvgIpc) is 3.06. The van der Waals surface area contributed by atoms with Crippen LogP contribution in [0.3, 0.4) is 0 Å². The van der Waals surface area contributed by atoms with Crippen LogP contribution in [0.25, 0.3) is 0 Å². The molecule has 260 valence electrons. The summed E-state index contributed by atoms with van der Waals surface area (Å²) in [4.78, 5) is 25.7. The third kappa shape index (κ3) is 10.8. The minimum atomic E-state index is -0.403. The predicted molar refractivity (Wildman–Crippen MR) is 199 cm³/mol. The van der Waals surface area contributed by atoms with Crippen molar-refractivity contribution >= 4 is 68.1 Å². The Morgan fingerprint density at radius 1 is 0.958 bits per heavy atom. The number of anilines is 3. The number of carbonyl (C=O) groups excluding carboxylic acids is 2. The molecule has 8 nitrogen and oxygen atoms in total. The van der Waals surface area contributed by atoms with Crippen molar-refractivity contribution in [2.45, 2.75) is 89.8 Å². The molecule has 0 amide bonds. The third-order valence-electron chi connectivity index (χ3n) is 9.10. The number of nitrogen functional groups attached to an aromatic ring is 1. The lowest BCUT2D eigenvalue weighted by Gasteiger charge is -2.38. The number of hydrogen-bond acceptors (Lipinski definition) is 8. The van der Waals surface area contributed by atoms with Crippen molar-refractivity contribution in [2.75, 3.05) is 30.8 Å². The number of halogens is 3. The van der Waals surface area contributed by atoms with Crippen LogP contribution in [0.15, 0.2) is 59.1 Å². The summed E-state index contributed by atoms with van der Waals surface area (Å²) < 4.78 is 11.9. The number of esters is 2. The Labute approximate surface area is 302 Å². The Bertz CT molecular complexity index is 1540. The smallest absolute Gasteiger partial charge is 0.338 e. The number of nitrogens with two attached hydrogens (primary N) is 1. The summed E-state index contributed by atoms with van der Waals surface area (Å²) in [7, 11) is 0. The molecule has 1 saturated carbocycles. The molecular weight excluding hydrogens is 715 g/mol. The van der Waals surface area contributed by atoms with E-state index in [9.17, 15) is 9.59 Å². The largest absolute Gasteiger partial charge is 0.465 e. The molecular formula is C37H47BrCl2N4O4. The summed E-state index contributed by atoms with van der Waals surface area (Å²) in [5.41, 5.74) is 10.2. The fourth-order valence-corrected chi connectivity index (χ4v) is 6.98. The van der Waals surface area contributed by atoms with Crippen LogP contribution in [-0.2, 0) is 27.2 Å². The second-order valence-electron chi connectivity index (χ2n) is 13.1. The number of benzene rings is 3. The molecule has 0 bridgehead atoms. The number of nitrogens with one attached hydrogen (secondary N) is 3. The summed E-state index contributed by atoms with van der Waals surface area (Å²) in [6.45, 7) is 7.73. The van der Waals surface area contributed by atoms with E-state index < -0.39 is 5.97 Å². The lowest BCUT2D eigenvalue weighted by Crippen LogP contribution is -2.45. The molecule has 5 N–H and O–H groups in total. The van der Waals surface area contributed by atoms with Gasteiger partial charge in [0.1, 0.15) is 6.61 Å². The highest BCUT2D eigenvalue weighted by Crippen LogP contribution is 2.34. The van der Waals surface area contributed by atoms with Crippen LogP contribution in [0, 0.1) is 0 Å². The van der Waals surface area contributed by atoms with Gasteiger partial charge in [-0.1, -0.05) is 73.7 Å². The van der Waals surface area contributed by atoms with Crippen molar-refractivity contribution in [3.63, 3.8) is 0 Å². The molecule has 11 heteroatoms. The molecule has 0 aliphatic heterocycles. The van der Waals surface area contributed by atoms with Crippen LogP contribution in [0.1, 0.15) is 87.2 Å². The minimum absolute atomic E-state index is 0.0908. The van der Waals surface area contributed by atoms with Crippen LogP contribution in [0.4, 0.5) is 17.1 Å². The van der Waals surface area contributed by atoms with E-state index in [1.165, 1.54) is 19.3 Å². The highest BCUT2D eigenvalue weighted by molar-refractivity contribution is 9.10. The van der Waals surface area contributed by atoms with Gasteiger partial charge in [-0.15, -0.1) is 0 Å². The van der Waals surface area contributed by atoms with Gasteiger partial charge in [0, 0.05) is 34.3 Å². The van der Waals surface area contributed by atoms with Gasteiger partial charge in [0.2, 0.25) is 0 Å². The molecule has 3 aromatic rings. The van der Waals surface area contributed by atoms with Gasteiger partial charge in [-0.2, -0.15) is 0 Å². The fraction of sp³-hybridized carbons (Fsp3) is 0.459. The maximum absolute atomic E-state index is 13.0. The van der Waals surface area contributed by atoms with Crippen LogP contribution >= 0.6 is 39.1 Å². The second kappa shape index (κ2) is 17.7. The number of ether oxygens (including phenoxy) is 2. The Hall–Kier alpha value is -2.82. The van der Waals surface area contributed by atoms with E-state index in [1.807, 2.05) is 44.2 Å². The quantitative estimate of drug-likeness (QED) is 0.0650. The second-order valence-corrected chi connectivity index (χ2v) is 14.7. The van der Waals surface area contributed by atoms with E-state index in [-0.39, 0.29) is 36.7 Å². The Kier molecular flexibility index (Phi) is 14.0. The Morgan fingerprint density at radius 2 is 1.67 bits per heavy atom. The number of hydrogen-bond donors (Lipinski definition) is 4. The lowest BCUT2D eigenvalue weighted by molar-refractivity contribution is -0.143. The van der Waals surface area contributed by atoms with Crippen molar-refractivity contribution in [1.29, 1.82) is 0 Å². The molecule has 3 aromatic carbocycles. The van der Waals surface area contributed by atoms with Crippen molar-refractivity contribution < 1.29 is 19.1 Å². The predicted octanol–water partition coefficient (Wildman–Crippen LogP) is 8.99. The first-order valence-electron chi connectivity index (χ1n) is 16.6. The normalized spacial score (nSPS) is 14.4. The van der Waals surface area contributed by atoms with Gasteiger partial charge >= 0.3 is 11.9 Å². The fourth-order valence-electron chi connectivity index (χ4n) is 5.99. The molecule has 48 heavy (non-hydrogen) atoms. The van der Waals surface area contributed by atoms with Gasteiger partial charge in [0.05, 0.1) is 40.0 Å². The number of rotatable bonds is 16. The van der Waals surface area contributed by atoms with Gasteiger partial charge in [-0.25, -0.2) is 4.79 Å². The van der Waals surface area contributed by atoms with Crippen molar-refractivity contribution in [1.82, 2.24) is 10.6 Å². The van der Waals surface area contributed by atoms with E-state index in [0.29, 0.717) is 51.0 Å². The molecule has 0 radical (unpaired) electrons. The number of para-hydroxylation sites is 2. The standard InChI is InChI=1S/C37H47BrCl2N4O4/c1-4-37(15-8-5-9-16-37)43-24-27-21-26(22-28(38)33(27)41)35(46)48-20-18-42-36(2,3)17-19-47-32(45)23-25-11-6-7-14-31(25)44-34-29(39)12-10-13-30(34)40/h6-7,10-14,21-22,42-44H,4-5,8-9,15-20,23-24,41H2,1-3H3. The Balaban J connectivity index is 1.20. The Morgan fingerprint density at radius 3 is 2.38 bits per heavy atom. The van der Waals surface area contributed by atoms with Crippen LogP contribution in [0.5, 0.6) is 0 Å². The van der Waals surface area contributed by atoms with Gasteiger partial charge in [-0.05, 0) is 96.9 Å². The van der Waals surface area contributed by atoms with Crippen LogP contribution < -0.4 is 21.7 Å². The third-order valence-corrected chi connectivity index (χ3v) is 10.4. The molecule has 0 atom stereocenters. The van der Waals surface area contributed by atoms with Crippen molar-refractivity contribution in [3.05, 3.63) is 85.8 Å². The van der Waals surface area contributed by atoms with E-state index >= 15 is 0 Å². The van der Waals surface area contributed by atoms with Crippen LogP contribution in [-0.4, -0.2) is 42.8 Å². The first-order valence-corrected chi connectivity index (χ1v) is 18.2. The van der Waals surface area contributed by atoms with E-state index in [4.69, 9.17) is 38.4 Å². The highest BCUT2D eigenvalue weighted by Gasteiger charge is 2.29. The minimum Gasteiger partial charge on any atom is -0.465 e. The van der Waals surface area contributed by atoms with Gasteiger partial charge in [-0.3, -0.25) is 4.79 Å². The SMILES string of the molecule is CCC1(NCc2cc(C(=O)OCCNC(C)(C)CCOC(=O)Cc3ccccc3Nc3c(Cl)cccc3Cl)cc(Br)c2N)CCCCC1. The summed E-state index contributed by atoms with van der Waals surface area (Å²) in [6, 6.07) is 16.3. The molecule has 0 spiro atoms. The molecule has 1 aliphatic carbocycles. The first-order chi connectivity index (χ1) is 22.9. The van der Waals surface area contributed by atoms with E-state index in [0.717, 1.165) is 36.1 Å². The molecule has 0 heterocycles. The maximum atomic E-state index is 13.0. The number of carbonyl (C=O) groups is 2. The van der Waals surface area contributed by atoms with Gasteiger partial charge in [0.25, 0.3) is 0 Å². The van der Waals surface area contributed by atoms with Gasteiger partial charge < -0.3 is 31.2 Å². The van der Waals surface area contributed by atoms with Crippen LogP contribution in [0.2, 0.25) is 10.0 Å². The van der Waals surface area contributed by atoms with Crippen molar-refractivity contribution in [2.24, 2.45) is 0 Å². The lowest BCUT2D eigenvalue weighted by atomic mass is 9.79. The first kappa shape index (κ1) is 38.0. The molecule has 1 aliphatic rings. The molecule has 0 saturated heterocycles. The topological polar surface area (TPSA) is 115 Å². The highest BCUT2D eigenvalue weighted by atomic mass is 79.9. The molecule has 1 fully saturated rings. The van der Waals surface area contributed by atoms with Crippen molar-refractivity contribution in [3.8, 4) is 0 Å². The molecule has 0 aromatic heterocycles. The monoisotopic (exact) mass is 760 g/mol. The zero-order valence-corrected chi connectivity index (χ0v) is 31.1. The molecule has 4 rings (SSSR count). The summed E-state index contributed by atoms with van der Waals surface area (Å²) in [5, 5.41) is 11.4. The average molecular weight is 763 g/mol.